The number of ether oxygens (including phenoxy) is 2. The highest BCUT2D eigenvalue weighted by Gasteiger charge is 2.13. The van der Waals surface area contributed by atoms with E-state index in [-0.39, 0.29) is 6.29 Å². The maximum absolute atomic E-state index is 5.53. The quantitative estimate of drug-likeness (QED) is 0.749. The Morgan fingerprint density at radius 2 is 1.83 bits per heavy atom. The van der Waals surface area contributed by atoms with Gasteiger partial charge in [-0.15, -0.1) is 11.8 Å². The summed E-state index contributed by atoms with van der Waals surface area (Å²) >= 11 is 1.87. The standard InChI is InChI=1S/C15H22O2S/c1-12(2)13-4-6-14(7-5-13)18-11-8-15-16-9-3-10-17-15/h4-7,12,15H,3,8-11H2,1-2H3. The number of hydrogen-bond acceptors (Lipinski definition) is 3. The van der Waals surface area contributed by atoms with Crippen LogP contribution >= 0.6 is 11.8 Å². The predicted octanol–water partition coefficient (Wildman–Crippen LogP) is 4.06. The minimum absolute atomic E-state index is 0.0150. The SMILES string of the molecule is CC(C)c1ccc(SCCC2OCCCO2)cc1. The lowest BCUT2D eigenvalue weighted by Gasteiger charge is -2.22. The largest absolute Gasteiger partial charge is 0.353 e. The van der Waals surface area contributed by atoms with Gasteiger partial charge in [0.2, 0.25) is 0 Å². The van der Waals surface area contributed by atoms with Crippen molar-refractivity contribution in [2.45, 2.75) is 43.8 Å². The third-order valence-corrected chi connectivity index (χ3v) is 4.11. The van der Waals surface area contributed by atoms with Gasteiger partial charge in [-0.1, -0.05) is 26.0 Å². The van der Waals surface area contributed by atoms with Crippen molar-refractivity contribution in [2.75, 3.05) is 19.0 Å². The lowest BCUT2D eigenvalue weighted by molar-refractivity contribution is -0.178. The van der Waals surface area contributed by atoms with E-state index in [1.54, 1.807) is 0 Å². The van der Waals surface area contributed by atoms with Crippen LogP contribution in [0, 0.1) is 0 Å². The molecule has 2 nitrogen and oxygen atoms in total. The zero-order valence-corrected chi connectivity index (χ0v) is 12.0. The number of benzene rings is 1. The molecule has 0 aromatic heterocycles. The van der Waals surface area contributed by atoms with Gasteiger partial charge in [0.05, 0.1) is 13.2 Å². The van der Waals surface area contributed by atoms with E-state index in [1.165, 1.54) is 10.5 Å². The molecule has 18 heavy (non-hydrogen) atoms. The zero-order chi connectivity index (χ0) is 12.8. The van der Waals surface area contributed by atoms with E-state index >= 15 is 0 Å². The van der Waals surface area contributed by atoms with Crippen molar-refractivity contribution in [1.29, 1.82) is 0 Å². The van der Waals surface area contributed by atoms with Crippen molar-refractivity contribution in [1.82, 2.24) is 0 Å². The second-order valence-corrected chi connectivity index (χ2v) is 6.05. The minimum Gasteiger partial charge on any atom is -0.353 e. The first-order valence-corrected chi connectivity index (χ1v) is 7.70. The summed E-state index contributed by atoms with van der Waals surface area (Å²) in [6.07, 6.45) is 2.01. The Kier molecular flexibility index (Phi) is 5.54. The summed E-state index contributed by atoms with van der Waals surface area (Å²) in [4.78, 5) is 1.33. The van der Waals surface area contributed by atoms with Gasteiger partial charge in [-0.25, -0.2) is 0 Å². The number of rotatable bonds is 5. The Morgan fingerprint density at radius 3 is 2.44 bits per heavy atom. The highest BCUT2D eigenvalue weighted by molar-refractivity contribution is 7.99. The highest BCUT2D eigenvalue weighted by Crippen LogP contribution is 2.23. The number of hydrogen-bond donors (Lipinski definition) is 0. The number of thioether (sulfide) groups is 1. The molecule has 0 bridgehead atoms. The summed E-state index contributed by atoms with van der Waals surface area (Å²) in [6.45, 7) is 6.14. The van der Waals surface area contributed by atoms with E-state index in [4.69, 9.17) is 9.47 Å². The van der Waals surface area contributed by atoms with Gasteiger partial charge in [0, 0.05) is 17.1 Å². The van der Waals surface area contributed by atoms with E-state index in [2.05, 4.69) is 38.1 Å². The Bertz CT molecular complexity index is 342. The second-order valence-electron chi connectivity index (χ2n) is 4.89. The van der Waals surface area contributed by atoms with Crippen molar-refractivity contribution < 1.29 is 9.47 Å². The van der Waals surface area contributed by atoms with Crippen molar-refractivity contribution >= 4 is 11.8 Å². The van der Waals surface area contributed by atoms with Crippen LogP contribution in [0.2, 0.25) is 0 Å². The fourth-order valence-corrected chi connectivity index (χ4v) is 2.80. The van der Waals surface area contributed by atoms with Crippen molar-refractivity contribution in [3.8, 4) is 0 Å². The molecular weight excluding hydrogens is 244 g/mol. The van der Waals surface area contributed by atoms with Crippen LogP contribution in [0.3, 0.4) is 0 Å². The first-order valence-electron chi connectivity index (χ1n) is 6.71. The fourth-order valence-electron chi connectivity index (χ4n) is 1.93. The van der Waals surface area contributed by atoms with Crippen LogP contribution in [0.4, 0.5) is 0 Å². The lowest BCUT2D eigenvalue weighted by Crippen LogP contribution is -2.25. The van der Waals surface area contributed by atoms with Crippen molar-refractivity contribution in [2.24, 2.45) is 0 Å². The molecule has 0 radical (unpaired) electrons. The molecule has 0 unspecified atom stereocenters. The van der Waals surface area contributed by atoms with E-state index in [0.29, 0.717) is 5.92 Å². The predicted molar refractivity (Wildman–Crippen MR) is 76.2 cm³/mol. The summed E-state index contributed by atoms with van der Waals surface area (Å²) in [5.41, 5.74) is 1.40. The summed E-state index contributed by atoms with van der Waals surface area (Å²) in [5.74, 6) is 1.65. The molecule has 0 spiro atoms. The van der Waals surface area contributed by atoms with Crippen LogP contribution in [0.15, 0.2) is 29.2 Å². The molecule has 0 aliphatic carbocycles. The van der Waals surface area contributed by atoms with E-state index in [1.807, 2.05) is 11.8 Å². The topological polar surface area (TPSA) is 18.5 Å². The fraction of sp³-hybridized carbons (Fsp3) is 0.600. The van der Waals surface area contributed by atoms with E-state index in [0.717, 1.165) is 31.8 Å². The van der Waals surface area contributed by atoms with E-state index < -0.39 is 0 Å². The van der Waals surface area contributed by atoms with Crippen molar-refractivity contribution in [3.63, 3.8) is 0 Å². The van der Waals surface area contributed by atoms with Gasteiger partial charge in [-0.05, 0) is 30.0 Å². The highest BCUT2D eigenvalue weighted by atomic mass is 32.2. The van der Waals surface area contributed by atoms with Gasteiger partial charge < -0.3 is 9.47 Å². The first-order chi connectivity index (χ1) is 8.75. The first kappa shape index (κ1) is 13.9. The molecule has 0 N–H and O–H groups in total. The van der Waals surface area contributed by atoms with Gasteiger partial charge in [0.1, 0.15) is 0 Å². The zero-order valence-electron chi connectivity index (χ0n) is 11.2. The molecule has 1 aliphatic heterocycles. The molecule has 2 rings (SSSR count). The van der Waals surface area contributed by atoms with Gasteiger partial charge in [-0.2, -0.15) is 0 Å². The summed E-state index contributed by atoms with van der Waals surface area (Å²) in [6, 6.07) is 8.87. The summed E-state index contributed by atoms with van der Waals surface area (Å²) in [5, 5.41) is 0. The normalized spacial score (nSPS) is 17.3. The van der Waals surface area contributed by atoms with Gasteiger partial charge in [-0.3, -0.25) is 0 Å². The van der Waals surface area contributed by atoms with Crippen LogP contribution < -0.4 is 0 Å². The molecule has 1 fully saturated rings. The summed E-state index contributed by atoms with van der Waals surface area (Å²) < 4.78 is 11.1. The Labute approximate surface area is 114 Å². The molecule has 0 atom stereocenters. The van der Waals surface area contributed by atoms with Gasteiger partial charge in [0.15, 0.2) is 6.29 Å². The van der Waals surface area contributed by atoms with Crippen LogP contribution in [0.5, 0.6) is 0 Å². The second kappa shape index (κ2) is 7.17. The molecule has 1 saturated heterocycles. The Morgan fingerprint density at radius 1 is 1.17 bits per heavy atom. The Hall–Kier alpha value is -0.510. The molecule has 1 aromatic rings. The van der Waals surface area contributed by atoms with Crippen LogP contribution in [0.1, 0.15) is 38.2 Å². The smallest absolute Gasteiger partial charge is 0.158 e. The molecule has 1 aromatic carbocycles. The molecule has 1 aliphatic rings. The monoisotopic (exact) mass is 266 g/mol. The molecular formula is C15H22O2S. The van der Waals surface area contributed by atoms with Gasteiger partial charge in [0.25, 0.3) is 0 Å². The van der Waals surface area contributed by atoms with Crippen LogP contribution in [-0.4, -0.2) is 25.3 Å². The molecule has 100 valence electrons. The van der Waals surface area contributed by atoms with Crippen molar-refractivity contribution in [3.05, 3.63) is 29.8 Å². The van der Waals surface area contributed by atoms with Gasteiger partial charge >= 0.3 is 0 Å². The maximum atomic E-state index is 5.53. The third-order valence-electron chi connectivity index (χ3n) is 3.07. The molecule has 1 heterocycles. The summed E-state index contributed by atoms with van der Waals surface area (Å²) in [7, 11) is 0. The lowest BCUT2D eigenvalue weighted by atomic mass is 10.0. The van der Waals surface area contributed by atoms with E-state index in [9.17, 15) is 0 Å². The van der Waals surface area contributed by atoms with Crippen LogP contribution in [0.25, 0.3) is 0 Å². The molecule has 0 amide bonds. The molecule has 3 heteroatoms. The average Bonchev–Trinajstić information content (AvgIpc) is 2.40. The minimum atomic E-state index is 0.0150. The maximum Gasteiger partial charge on any atom is 0.158 e. The average molecular weight is 266 g/mol. The third kappa shape index (κ3) is 4.30. The molecule has 0 saturated carbocycles. The Balaban J connectivity index is 1.72. The van der Waals surface area contributed by atoms with Crippen LogP contribution in [-0.2, 0) is 9.47 Å².